The van der Waals surface area contributed by atoms with Gasteiger partial charge in [-0.05, 0) is 43.0 Å². The predicted octanol–water partition coefficient (Wildman–Crippen LogP) is 5.30. The molecule has 0 aliphatic carbocycles. The van der Waals surface area contributed by atoms with E-state index in [0.717, 1.165) is 16.5 Å². The third-order valence-corrected chi connectivity index (χ3v) is 6.29. The summed E-state index contributed by atoms with van der Waals surface area (Å²) in [7, 11) is 0. The van der Waals surface area contributed by atoms with Gasteiger partial charge in [-0.3, -0.25) is 0 Å². The monoisotopic (exact) mass is 521 g/mol. The maximum Gasteiger partial charge on any atom is 0.451 e. The lowest BCUT2D eigenvalue weighted by Crippen LogP contribution is -2.40. The van der Waals surface area contributed by atoms with E-state index >= 15 is 0 Å². The molecule has 0 spiro atoms. The molecule has 2 aliphatic heterocycles. The number of halogens is 7. The standard InChI is InChI=1S/C21H18ClF6N5O2/c22-10-1-2-14-13(7-10)12-3-5-33(15(16(12)29-14)8-11-4-6-34-9-35-11)19-31-17(20(23,24)25)30-18(32-19)21(26,27)28/h1-2,7,11,15,29H,3-6,8-9H2/t11-,15+/m0/s1. The molecule has 0 unspecified atom stereocenters. The van der Waals surface area contributed by atoms with Crippen molar-refractivity contribution in [3.8, 4) is 0 Å². The van der Waals surface area contributed by atoms with Gasteiger partial charge in [-0.15, -0.1) is 0 Å². The van der Waals surface area contributed by atoms with Crippen LogP contribution in [0, 0.1) is 0 Å². The van der Waals surface area contributed by atoms with Crippen LogP contribution in [0.3, 0.4) is 0 Å². The molecule has 2 aliphatic rings. The van der Waals surface area contributed by atoms with Gasteiger partial charge >= 0.3 is 12.4 Å². The highest BCUT2D eigenvalue weighted by Crippen LogP contribution is 2.41. The van der Waals surface area contributed by atoms with E-state index in [1.807, 2.05) is 0 Å². The molecule has 3 aromatic rings. The van der Waals surface area contributed by atoms with Gasteiger partial charge in [0.05, 0.1) is 18.8 Å². The first kappa shape index (κ1) is 24.1. The van der Waals surface area contributed by atoms with Crippen molar-refractivity contribution >= 4 is 28.5 Å². The maximum atomic E-state index is 13.4. The van der Waals surface area contributed by atoms with E-state index < -0.39 is 36.0 Å². The Bertz CT molecular complexity index is 1210. The number of fused-ring (bicyclic) bond motifs is 3. The number of alkyl halides is 6. The number of nitrogens with one attached hydrogen (secondary N) is 1. The number of anilines is 1. The number of hydrogen-bond donors (Lipinski definition) is 1. The van der Waals surface area contributed by atoms with Crippen molar-refractivity contribution in [2.75, 3.05) is 24.8 Å². The molecule has 5 rings (SSSR count). The molecule has 1 aromatic carbocycles. The average molecular weight is 522 g/mol. The highest BCUT2D eigenvalue weighted by atomic mass is 35.5. The average Bonchev–Trinajstić information content (AvgIpc) is 3.17. The number of nitrogens with zero attached hydrogens (tertiary/aromatic N) is 4. The molecule has 0 radical (unpaired) electrons. The molecule has 0 saturated carbocycles. The first-order chi connectivity index (χ1) is 16.5. The molecule has 1 N–H and O–H groups in total. The Kier molecular flexibility index (Phi) is 6.04. The molecular weight excluding hydrogens is 504 g/mol. The van der Waals surface area contributed by atoms with Gasteiger partial charge in [-0.2, -0.15) is 36.3 Å². The van der Waals surface area contributed by atoms with E-state index in [0.29, 0.717) is 30.2 Å². The Balaban J connectivity index is 1.63. The van der Waals surface area contributed by atoms with Crippen LogP contribution in [0.1, 0.15) is 41.8 Å². The fourth-order valence-corrected chi connectivity index (χ4v) is 4.68. The fourth-order valence-electron chi connectivity index (χ4n) is 4.51. The predicted molar refractivity (Wildman–Crippen MR) is 112 cm³/mol. The van der Waals surface area contributed by atoms with E-state index in [2.05, 4.69) is 19.9 Å². The second-order valence-electron chi connectivity index (χ2n) is 8.28. The van der Waals surface area contributed by atoms with Crippen molar-refractivity contribution in [3.63, 3.8) is 0 Å². The minimum atomic E-state index is -5.18. The normalized spacial score (nSPS) is 21.4. The fraction of sp³-hybridized carbons (Fsp3) is 0.476. The molecule has 1 saturated heterocycles. The summed E-state index contributed by atoms with van der Waals surface area (Å²) in [4.78, 5) is 14.1. The lowest BCUT2D eigenvalue weighted by atomic mass is 9.93. The number of rotatable bonds is 3. The Labute approximate surface area is 199 Å². The van der Waals surface area contributed by atoms with E-state index in [-0.39, 0.29) is 25.9 Å². The molecule has 0 bridgehead atoms. The number of hydrogen-bond acceptors (Lipinski definition) is 6. The summed E-state index contributed by atoms with van der Waals surface area (Å²) < 4.78 is 91.2. The SMILES string of the molecule is FC(F)(F)c1nc(N2CCc3c([nH]c4ccc(Cl)cc34)[C@H]2C[C@@H]2CCOCO2)nc(C(F)(F)F)n1. The minimum absolute atomic E-state index is 0.0504. The molecule has 2 atom stereocenters. The van der Waals surface area contributed by atoms with Crippen LogP contribution in [-0.4, -0.2) is 46.0 Å². The Hall–Kier alpha value is -2.64. The zero-order chi connectivity index (χ0) is 25.0. The number of aromatic amines is 1. The zero-order valence-corrected chi connectivity index (χ0v) is 18.6. The van der Waals surface area contributed by atoms with Crippen molar-refractivity contribution < 1.29 is 35.8 Å². The third-order valence-electron chi connectivity index (χ3n) is 6.06. The lowest BCUT2D eigenvalue weighted by molar-refractivity contribution is -0.155. The molecule has 1 fully saturated rings. The van der Waals surface area contributed by atoms with Crippen LogP contribution in [0.5, 0.6) is 0 Å². The van der Waals surface area contributed by atoms with Crippen molar-refractivity contribution in [1.82, 2.24) is 19.9 Å². The number of benzene rings is 1. The van der Waals surface area contributed by atoms with Gasteiger partial charge in [-0.1, -0.05) is 11.6 Å². The van der Waals surface area contributed by atoms with Gasteiger partial charge in [0, 0.05) is 28.2 Å². The summed E-state index contributed by atoms with van der Waals surface area (Å²) in [6.07, 6.45) is -9.58. The molecule has 7 nitrogen and oxygen atoms in total. The lowest BCUT2D eigenvalue weighted by Gasteiger charge is -2.38. The van der Waals surface area contributed by atoms with Crippen LogP contribution in [0.25, 0.3) is 10.9 Å². The van der Waals surface area contributed by atoms with E-state index in [9.17, 15) is 26.3 Å². The molecule has 2 aromatic heterocycles. The van der Waals surface area contributed by atoms with Crippen LogP contribution in [0.15, 0.2) is 18.2 Å². The van der Waals surface area contributed by atoms with Crippen molar-refractivity contribution in [2.45, 2.75) is 43.8 Å². The molecule has 0 amide bonds. The van der Waals surface area contributed by atoms with E-state index in [1.54, 1.807) is 18.2 Å². The third kappa shape index (κ3) is 4.76. The first-order valence-corrected chi connectivity index (χ1v) is 11.0. The minimum Gasteiger partial charge on any atom is -0.356 e. The van der Waals surface area contributed by atoms with Crippen LogP contribution in [0.4, 0.5) is 32.3 Å². The van der Waals surface area contributed by atoms with Crippen molar-refractivity contribution in [1.29, 1.82) is 0 Å². The van der Waals surface area contributed by atoms with Crippen LogP contribution in [0.2, 0.25) is 5.02 Å². The van der Waals surface area contributed by atoms with Crippen LogP contribution in [-0.2, 0) is 28.2 Å². The Morgan fingerprint density at radius 3 is 2.40 bits per heavy atom. The quantitative estimate of drug-likeness (QED) is 0.471. The maximum absolute atomic E-state index is 13.4. The van der Waals surface area contributed by atoms with Crippen molar-refractivity contribution in [3.05, 3.63) is 46.1 Å². The Morgan fingerprint density at radius 1 is 1.06 bits per heavy atom. The smallest absolute Gasteiger partial charge is 0.356 e. The van der Waals surface area contributed by atoms with Gasteiger partial charge in [0.1, 0.15) is 6.79 Å². The summed E-state index contributed by atoms with van der Waals surface area (Å²) in [5, 5.41) is 1.35. The number of ether oxygens (including phenoxy) is 2. The summed E-state index contributed by atoms with van der Waals surface area (Å²) in [5.74, 6) is -4.49. The van der Waals surface area contributed by atoms with Gasteiger partial charge in [0.25, 0.3) is 0 Å². The summed E-state index contributed by atoms with van der Waals surface area (Å²) in [6, 6.07) is 4.56. The van der Waals surface area contributed by atoms with Crippen molar-refractivity contribution in [2.24, 2.45) is 0 Å². The molecular formula is C21H18ClF6N5O2. The molecule has 4 heterocycles. The summed E-state index contributed by atoms with van der Waals surface area (Å²) in [5.41, 5.74) is 2.28. The highest BCUT2D eigenvalue weighted by molar-refractivity contribution is 6.31. The zero-order valence-electron chi connectivity index (χ0n) is 17.9. The van der Waals surface area contributed by atoms with Gasteiger partial charge in [0.2, 0.25) is 17.6 Å². The second kappa shape index (κ2) is 8.79. The summed E-state index contributed by atoms with van der Waals surface area (Å²) >= 11 is 6.16. The largest absolute Gasteiger partial charge is 0.451 e. The van der Waals surface area contributed by atoms with Gasteiger partial charge < -0.3 is 19.4 Å². The van der Waals surface area contributed by atoms with E-state index in [1.165, 1.54) is 4.90 Å². The second-order valence-corrected chi connectivity index (χ2v) is 8.72. The van der Waals surface area contributed by atoms with Crippen LogP contribution >= 0.6 is 11.6 Å². The van der Waals surface area contributed by atoms with E-state index in [4.69, 9.17) is 21.1 Å². The first-order valence-electron chi connectivity index (χ1n) is 10.7. The van der Waals surface area contributed by atoms with Gasteiger partial charge in [0.15, 0.2) is 0 Å². The molecule has 188 valence electrons. The number of aromatic nitrogens is 4. The molecule has 35 heavy (non-hydrogen) atoms. The topological polar surface area (TPSA) is 76.2 Å². The van der Waals surface area contributed by atoms with Gasteiger partial charge in [-0.25, -0.2) is 4.98 Å². The Morgan fingerprint density at radius 2 is 1.77 bits per heavy atom. The number of H-pyrrole nitrogens is 1. The highest BCUT2D eigenvalue weighted by Gasteiger charge is 2.43. The molecule has 14 heteroatoms. The van der Waals surface area contributed by atoms with Crippen LogP contribution < -0.4 is 4.90 Å². The summed E-state index contributed by atoms with van der Waals surface area (Å²) in [6.45, 7) is 0.558.